The first-order valence-corrected chi connectivity index (χ1v) is 6.24. The molecule has 0 saturated heterocycles. The van der Waals surface area contributed by atoms with Crippen molar-refractivity contribution in [2.45, 2.75) is 0 Å². The zero-order valence-electron chi connectivity index (χ0n) is 9.72. The lowest BCUT2D eigenvalue weighted by Crippen LogP contribution is -2.26. The molecule has 0 saturated carbocycles. The number of nitrogens with one attached hydrogen (secondary N) is 1. The molecule has 0 aliphatic heterocycles. The van der Waals surface area contributed by atoms with Crippen LogP contribution in [0.2, 0.25) is 0 Å². The van der Waals surface area contributed by atoms with Crippen molar-refractivity contribution in [1.82, 2.24) is 0 Å². The normalized spacial score (nSPS) is 9.95. The summed E-state index contributed by atoms with van der Waals surface area (Å²) in [6, 6.07) is 12.9. The number of carboxylic acid groups (broad SMARTS) is 1. The zero-order valence-corrected chi connectivity index (χ0v) is 11.3. The number of rotatable bonds is 3. The van der Waals surface area contributed by atoms with Gasteiger partial charge in [-0.3, -0.25) is 4.79 Å². The number of hydrogen-bond donors (Lipinski definition) is 1. The quantitative estimate of drug-likeness (QED) is 0.941. The molecule has 0 radical (unpaired) electrons. The predicted octanol–water partition coefficient (Wildman–Crippen LogP) is 2.06. The minimum Gasteiger partial charge on any atom is -0.545 e. The number of hydrogen-bond acceptors (Lipinski definition) is 3. The number of carbonyl (C=O) groups is 2. The van der Waals surface area contributed by atoms with Gasteiger partial charge in [0, 0.05) is 21.3 Å². The van der Waals surface area contributed by atoms with E-state index in [1.165, 1.54) is 12.1 Å². The summed E-state index contributed by atoms with van der Waals surface area (Å²) in [5, 5.41) is 13.6. The van der Waals surface area contributed by atoms with E-state index in [1.807, 2.05) is 0 Å². The average Bonchev–Trinajstić information content (AvgIpc) is 2.41. The topological polar surface area (TPSA) is 69.2 Å². The highest BCUT2D eigenvalue weighted by Gasteiger charge is 2.11. The molecule has 5 heteroatoms. The van der Waals surface area contributed by atoms with E-state index in [9.17, 15) is 14.7 Å². The van der Waals surface area contributed by atoms with Crippen LogP contribution in [0.1, 0.15) is 20.7 Å². The van der Waals surface area contributed by atoms with Gasteiger partial charge in [-0.05, 0) is 30.3 Å². The largest absolute Gasteiger partial charge is 0.545 e. The molecule has 0 fully saturated rings. The third kappa shape index (κ3) is 3.20. The Hall–Kier alpha value is -2.14. The van der Waals surface area contributed by atoms with E-state index in [0.29, 0.717) is 5.69 Å². The summed E-state index contributed by atoms with van der Waals surface area (Å²) in [7, 11) is 0. The number of carbonyl (C=O) groups excluding carboxylic acids is 2. The highest BCUT2D eigenvalue weighted by molar-refractivity contribution is 9.10. The van der Waals surface area contributed by atoms with Crippen molar-refractivity contribution < 1.29 is 14.7 Å². The Balaban J connectivity index is 2.25. The fourth-order valence-corrected chi connectivity index (χ4v) is 1.86. The minimum absolute atomic E-state index is 0.0745. The summed E-state index contributed by atoms with van der Waals surface area (Å²) in [6.45, 7) is 0. The Morgan fingerprint density at radius 2 is 1.53 bits per heavy atom. The Morgan fingerprint density at radius 3 is 2.11 bits per heavy atom. The number of halogens is 1. The smallest absolute Gasteiger partial charge is 0.256 e. The molecule has 19 heavy (non-hydrogen) atoms. The predicted molar refractivity (Wildman–Crippen MR) is 72.9 cm³/mol. The summed E-state index contributed by atoms with van der Waals surface area (Å²) < 4.78 is 0.889. The average molecular weight is 319 g/mol. The molecule has 0 bridgehead atoms. The molecule has 2 aromatic rings. The summed E-state index contributed by atoms with van der Waals surface area (Å²) in [5.74, 6) is -1.86. The van der Waals surface area contributed by atoms with Crippen molar-refractivity contribution in [3.63, 3.8) is 0 Å². The minimum atomic E-state index is -1.37. The zero-order chi connectivity index (χ0) is 13.8. The lowest BCUT2D eigenvalue weighted by Gasteiger charge is -2.10. The van der Waals surface area contributed by atoms with Crippen molar-refractivity contribution in [3.8, 4) is 0 Å². The van der Waals surface area contributed by atoms with Crippen LogP contribution < -0.4 is 10.4 Å². The summed E-state index contributed by atoms with van der Waals surface area (Å²) in [4.78, 5) is 22.9. The van der Waals surface area contributed by atoms with Gasteiger partial charge in [0.25, 0.3) is 5.91 Å². The lowest BCUT2D eigenvalue weighted by atomic mass is 10.1. The maximum atomic E-state index is 12.0. The highest BCUT2D eigenvalue weighted by atomic mass is 79.9. The molecule has 1 N–H and O–H groups in total. The molecule has 0 aromatic heterocycles. The van der Waals surface area contributed by atoms with Crippen molar-refractivity contribution in [2.75, 3.05) is 5.32 Å². The summed E-state index contributed by atoms with van der Waals surface area (Å²) >= 11 is 3.29. The van der Waals surface area contributed by atoms with E-state index < -0.39 is 11.9 Å². The van der Waals surface area contributed by atoms with Crippen molar-refractivity contribution in [2.24, 2.45) is 0 Å². The maximum absolute atomic E-state index is 12.0. The van der Waals surface area contributed by atoms with Gasteiger partial charge in [0.05, 0.1) is 5.97 Å². The fraction of sp³-hybridized carbons (Fsp3) is 0. The molecule has 0 heterocycles. The maximum Gasteiger partial charge on any atom is 0.256 e. The van der Waals surface area contributed by atoms with Crippen LogP contribution in [-0.2, 0) is 0 Å². The first-order chi connectivity index (χ1) is 9.08. The molecule has 0 unspecified atom stereocenters. The van der Waals surface area contributed by atoms with Gasteiger partial charge in [0.15, 0.2) is 0 Å². The fourth-order valence-electron chi connectivity index (χ4n) is 1.59. The summed E-state index contributed by atoms with van der Waals surface area (Å²) in [6.07, 6.45) is 0. The molecule has 0 spiro atoms. The molecular formula is C14H9BrNO3-. The highest BCUT2D eigenvalue weighted by Crippen LogP contribution is 2.16. The van der Waals surface area contributed by atoms with Gasteiger partial charge in [0.1, 0.15) is 0 Å². The van der Waals surface area contributed by atoms with Crippen LogP contribution in [0, 0.1) is 0 Å². The van der Waals surface area contributed by atoms with Crippen LogP contribution >= 0.6 is 15.9 Å². The molecule has 96 valence electrons. The number of carboxylic acids is 1. The van der Waals surface area contributed by atoms with Crippen LogP contribution in [0.4, 0.5) is 5.69 Å². The Kier molecular flexibility index (Phi) is 3.97. The monoisotopic (exact) mass is 318 g/mol. The van der Waals surface area contributed by atoms with Crippen LogP contribution in [0.25, 0.3) is 0 Å². The van der Waals surface area contributed by atoms with Crippen LogP contribution in [-0.4, -0.2) is 11.9 Å². The molecule has 0 aliphatic rings. The number of aromatic carboxylic acids is 1. The lowest BCUT2D eigenvalue weighted by molar-refractivity contribution is -0.255. The molecule has 4 nitrogen and oxygen atoms in total. The van der Waals surface area contributed by atoms with Gasteiger partial charge in [-0.25, -0.2) is 0 Å². The second-order valence-corrected chi connectivity index (χ2v) is 4.71. The van der Waals surface area contributed by atoms with Crippen molar-refractivity contribution in [1.29, 1.82) is 0 Å². The summed E-state index contributed by atoms with van der Waals surface area (Å²) in [5.41, 5.74) is 0.531. The first kappa shape index (κ1) is 13.3. The number of benzene rings is 2. The van der Waals surface area contributed by atoms with E-state index in [2.05, 4.69) is 21.2 Å². The van der Waals surface area contributed by atoms with Crippen LogP contribution in [0.5, 0.6) is 0 Å². The van der Waals surface area contributed by atoms with Gasteiger partial charge in [-0.15, -0.1) is 0 Å². The molecule has 2 aromatic carbocycles. The van der Waals surface area contributed by atoms with Crippen molar-refractivity contribution >= 4 is 33.5 Å². The van der Waals surface area contributed by atoms with E-state index in [0.717, 1.165) is 4.47 Å². The van der Waals surface area contributed by atoms with E-state index in [1.54, 1.807) is 36.4 Å². The van der Waals surface area contributed by atoms with Crippen LogP contribution in [0.3, 0.4) is 0 Å². The van der Waals surface area contributed by atoms with E-state index >= 15 is 0 Å². The van der Waals surface area contributed by atoms with E-state index in [4.69, 9.17) is 0 Å². The first-order valence-electron chi connectivity index (χ1n) is 5.45. The Morgan fingerprint density at radius 1 is 0.947 bits per heavy atom. The second-order valence-electron chi connectivity index (χ2n) is 3.79. The van der Waals surface area contributed by atoms with Gasteiger partial charge in [-0.2, -0.15) is 0 Å². The van der Waals surface area contributed by atoms with Gasteiger partial charge < -0.3 is 15.2 Å². The number of amides is 1. The standard InChI is InChI=1S/C14H10BrNO3/c15-9-5-7-10(8-6-9)16-13(17)11-3-1-2-4-12(11)14(18)19/h1-8H,(H,16,17)(H,18,19)/p-1. The number of anilines is 1. The Labute approximate surface area is 118 Å². The molecule has 0 atom stereocenters. The van der Waals surface area contributed by atoms with Gasteiger partial charge in [-0.1, -0.05) is 34.1 Å². The van der Waals surface area contributed by atoms with Crippen molar-refractivity contribution in [3.05, 3.63) is 64.1 Å². The van der Waals surface area contributed by atoms with E-state index in [-0.39, 0.29) is 11.1 Å². The third-order valence-corrected chi connectivity index (χ3v) is 3.02. The molecular weight excluding hydrogens is 310 g/mol. The SMILES string of the molecule is O=C([O-])c1ccccc1C(=O)Nc1ccc(Br)cc1. The van der Waals surface area contributed by atoms with Gasteiger partial charge >= 0.3 is 0 Å². The van der Waals surface area contributed by atoms with Gasteiger partial charge in [0.2, 0.25) is 0 Å². The van der Waals surface area contributed by atoms with Crippen LogP contribution in [0.15, 0.2) is 53.0 Å². The molecule has 1 amide bonds. The molecule has 2 rings (SSSR count). The third-order valence-electron chi connectivity index (χ3n) is 2.49. The molecule has 0 aliphatic carbocycles. The second kappa shape index (κ2) is 5.67. The Bertz CT molecular complexity index is 623.